The predicted octanol–water partition coefficient (Wildman–Crippen LogP) is -2.53. The van der Waals surface area contributed by atoms with Gasteiger partial charge in [-0.2, -0.15) is 0 Å². The van der Waals surface area contributed by atoms with Crippen molar-refractivity contribution in [1.29, 1.82) is 0 Å². The van der Waals surface area contributed by atoms with E-state index in [2.05, 4.69) is 9.91 Å². The molecule has 0 aromatic carbocycles. The topological polar surface area (TPSA) is 60.9 Å². The van der Waals surface area contributed by atoms with Gasteiger partial charge in [0.25, 0.3) is 0 Å². The number of hydrogen-bond donors (Lipinski definition) is 1. The number of nitrogen functional groups attached to an aromatic ring is 1. The second-order valence-electron chi connectivity index (χ2n) is 3.99. The Hall–Kier alpha value is -0.590. The van der Waals surface area contributed by atoms with Gasteiger partial charge in [0.05, 0.1) is 0 Å². The first-order chi connectivity index (χ1) is 6.36. The van der Waals surface area contributed by atoms with Crippen molar-refractivity contribution in [2.24, 2.45) is 0 Å². The fraction of sp³-hybridized carbons (Fsp3) is 0.556. The SMILES string of the molecule is C[I-]c1cn(C(C)(C)C)c(=O)nc1N. The first-order valence-corrected chi connectivity index (χ1v) is 7.49. The Morgan fingerprint density at radius 2 is 2.07 bits per heavy atom. The van der Waals surface area contributed by atoms with Crippen LogP contribution in [0.2, 0.25) is 0 Å². The molecule has 0 spiro atoms. The molecule has 80 valence electrons. The zero-order valence-corrected chi connectivity index (χ0v) is 11.0. The molecule has 0 fully saturated rings. The van der Waals surface area contributed by atoms with Gasteiger partial charge < -0.3 is 0 Å². The normalized spacial score (nSPS) is 12.0. The third-order valence-electron chi connectivity index (χ3n) is 1.84. The Balaban J connectivity index is 3.40. The third kappa shape index (κ3) is 2.26. The molecule has 1 rings (SSSR count). The van der Waals surface area contributed by atoms with E-state index in [0.29, 0.717) is 5.82 Å². The first kappa shape index (κ1) is 11.5. The molecule has 0 radical (unpaired) electrons. The van der Waals surface area contributed by atoms with Crippen LogP contribution < -0.4 is 32.6 Å². The molecule has 14 heavy (non-hydrogen) atoms. The van der Waals surface area contributed by atoms with Crippen LogP contribution in [0, 0.1) is 3.57 Å². The van der Waals surface area contributed by atoms with E-state index in [1.54, 1.807) is 4.57 Å². The van der Waals surface area contributed by atoms with Crippen molar-refractivity contribution < 1.29 is 21.2 Å². The summed E-state index contributed by atoms with van der Waals surface area (Å²) in [4.78, 5) is 17.5. The second-order valence-corrected chi connectivity index (χ2v) is 6.23. The third-order valence-corrected chi connectivity index (χ3v) is 3.83. The number of nitrogens with zero attached hydrogens (tertiary/aromatic N) is 2. The Morgan fingerprint density at radius 1 is 1.50 bits per heavy atom. The van der Waals surface area contributed by atoms with Crippen molar-refractivity contribution in [3.63, 3.8) is 0 Å². The van der Waals surface area contributed by atoms with Gasteiger partial charge in [0.2, 0.25) is 0 Å². The van der Waals surface area contributed by atoms with Crippen LogP contribution in [-0.4, -0.2) is 14.5 Å². The summed E-state index contributed by atoms with van der Waals surface area (Å²) < 4.78 is 2.67. The van der Waals surface area contributed by atoms with Crippen LogP contribution in [0.4, 0.5) is 5.82 Å². The van der Waals surface area contributed by atoms with Gasteiger partial charge in [-0.3, -0.25) is 0 Å². The number of halogens is 1. The van der Waals surface area contributed by atoms with Gasteiger partial charge >= 0.3 is 93.8 Å². The van der Waals surface area contributed by atoms with Crippen LogP contribution in [-0.2, 0) is 5.54 Å². The molecule has 0 unspecified atom stereocenters. The summed E-state index contributed by atoms with van der Waals surface area (Å²) in [6.45, 7) is 5.93. The van der Waals surface area contributed by atoms with Crippen molar-refractivity contribution in [3.8, 4) is 0 Å². The maximum absolute atomic E-state index is 11.5. The van der Waals surface area contributed by atoms with E-state index in [1.807, 2.05) is 27.0 Å². The van der Waals surface area contributed by atoms with E-state index in [1.165, 1.54) is 0 Å². The molecule has 1 aromatic heterocycles. The fourth-order valence-corrected chi connectivity index (χ4v) is 2.30. The molecule has 5 heteroatoms. The summed E-state index contributed by atoms with van der Waals surface area (Å²) in [6.07, 6.45) is 1.85. The van der Waals surface area contributed by atoms with Crippen molar-refractivity contribution in [2.75, 3.05) is 10.7 Å². The Morgan fingerprint density at radius 3 is 2.50 bits per heavy atom. The van der Waals surface area contributed by atoms with Gasteiger partial charge in [-0.1, -0.05) is 0 Å². The number of nitrogens with two attached hydrogens (primary N) is 1. The molecule has 0 aliphatic rings. The van der Waals surface area contributed by atoms with Gasteiger partial charge in [0, 0.05) is 0 Å². The van der Waals surface area contributed by atoms with Crippen LogP contribution in [0.3, 0.4) is 0 Å². The van der Waals surface area contributed by atoms with E-state index in [0.717, 1.165) is 3.57 Å². The Kier molecular flexibility index (Phi) is 3.18. The molecule has 2 N–H and O–H groups in total. The minimum atomic E-state index is -0.267. The molecule has 0 atom stereocenters. The molecule has 0 saturated carbocycles. The second kappa shape index (κ2) is 3.88. The van der Waals surface area contributed by atoms with Crippen LogP contribution in [0.25, 0.3) is 0 Å². The number of hydrogen-bond acceptors (Lipinski definition) is 3. The standard InChI is InChI=1S/C9H15IN3O/c1-9(2,3)13-5-6(10-4)7(11)12-8(13)14/h5H,1-4H3,(H2,11,12,14)/q-1. The van der Waals surface area contributed by atoms with Gasteiger partial charge in [-0.15, -0.1) is 0 Å². The molecule has 4 nitrogen and oxygen atoms in total. The summed E-state index contributed by atoms with van der Waals surface area (Å²) in [6, 6.07) is 0. The molecule has 0 amide bonds. The van der Waals surface area contributed by atoms with E-state index in [-0.39, 0.29) is 32.4 Å². The Bertz CT molecular complexity index is 392. The molecule has 0 aliphatic heterocycles. The molecule has 0 saturated heterocycles. The van der Waals surface area contributed by atoms with Crippen molar-refractivity contribution in [3.05, 3.63) is 20.3 Å². The van der Waals surface area contributed by atoms with Crippen molar-refractivity contribution in [2.45, 2.75) is 26.3 Å². The van der Waals surface area contributed by atoms with Crippen LogP contribution in [0.15, 0.2) is 11.0 Å². The van der Waals surface area contributed by atoms with Gasteiger partial charge in [-0.25, -0.2) is 0 Å². The summed E-state index contributed by atoms with van der Waals surface area (Å²) >= 11 is -0.137. The summed E-state index contributed by atoms with van der Waals surface area (Å²) in [5.74, 6) is 0.394. The zero-order chi connectivity index (χ0) is 10.9. The number of rotatable bonds is 1. The molecular formula is C9H15IN3O-. The zero-order valence-electron chi connectivity index (χ0n) is 8.84. The molecule has 0 bridgehead atoms. The monoisotopic (exact) mass is 308 g/mol. The molecular weight excluding hydrogens is 293 g/mol. The molecule has 1 heterocycles. The van der Waals surface area contributed by atoms with Gasteiger partial charge in [0.15, 0.2) is 0 Å². The summed E-state index contributed by atoms with van der Waals surface area (Å²) in [7, 11) is 0. The average molecular weight is 308 g/mol. The average Bonchev–Trinajstić information content (AvgIpc) is 2.02. The van der Waals surface area contributed by atoms with E-state index >= 15 is 0 Å². The first-order valence-electron chi connectivity index (χ1n) is 4.25. The van der Waals surface area contributed by atoms with E-state index in [9.17, 15) is 4.79 Å². The van der Waals surface area contributed by atoms with E-state index < -0.39 is 0 Å². The van der Waals surface area contributed by atoms with Crippen molar-refractivity contribution in [1.82, 2.24) is 9.55 Å². The van der Waals surface area contributed by atoms with Crippen LogP contribution >= 0.6 is 0 Å². The molecule has 0 aliphatic carbocycles. The number of aromatic nitrogens is 2. The van der Waals surface area contributed by atoms with E-state index in [4.69, 9.17) is 5.73 Å². The summed E-state index contributed by atoms with van der Waals surface area (Å²) in [5, 5.41) is 0. The predicted molar refractivity (Wildman–Crippen MR) is 52.5 cm³/mol. The quantitative estimate of drug-likeness (QED) is 0.460. The van der Waals surface area contributed by atoms with Crippen LogP contribution in [0.1, 0.15) is 20.8 Å². The molecule has 1 aromatic rings. The summed E-state index contributed by atoms with van der Waals surface area (Å²) in [5.41, 5.74) is 5.15. The van der Waals surface area contributed by atoms with Gasteiger partial charge in [-0.05, 0) is 0 Å². The fourth-order valence-electron chi connectivity index (χ4n) is 1.07. The van der Waals surface area contributed by atoms with Crippen LogP contribution in [0.5, 0.6) is 0 Å². The van der Waals surface area contributed by atoms with Gasteiger partial charge in [0.1, 0.15) is 0 Å². The Labute approximate surface area is 93.8 Å². The van der Waals surface area contributed by atoms with Crippen molar-refractivity contribution >= 4 is 5.82 Å². The number of alkyl halides is 1. The maximum atomic E-state index is 11.5. The number of anilines is 1. The minimum absolute atomic E-state index is 0.137.